The number of fused-ring (bicyclic) bond motifs is 1. The topological polar surface area (TPSA) is 32.9 Å². The second-order valence-corrected chi connectivity index (χ2v) is 6.74. The third-order valence-corrected chi connectivity index (χ3v) is 4.92. The first-order valence-corrected chi connectivity index (χ1v) is 8.50. The standard InChI is InChI=1S/C18H16ClNOS/c1-12(21)7-9-22-18-5-3-2-4-14(18)15-10-13-6-8-20-17(13)11-16(15)19/h2-6,8,10-11,20H,7,9H2,1H3. The van der Waals surface area contributed by atoms with Crippen molar-refractivity contribution >= 4 is 40.0 Å². The molecule has 1 heterocycles. The summed E-state index contributed by atoms with van der Waals surface area (Å²) >= 11 is 8.17. The number of benzene rings is 2. The van der Waals surface area contributed by atoms with Gasteiger partial charge in [-0.3, -0.25) is 4.79 Å². The van der Waals surface area contributed by atoms with Crippen molar-refractivity contribution in [1.82, 2.24) is 4.98 Å². The summed E-state index contributed by atoms with van der Waals surface area (Å²) in [5, 5.41) is 1.87. The molecule has 1 aromatic heterocycles. The molecule has 0 unspecified atom stereocenters. The van der Waals surface area contributed by atoms with E-state index in [0.717, 1.165) is 37.7 Å². The van der Waals surface area contributed by atoms with Gasteiger partial charge < -0.3 is 4.98 Å². The van der Waals surface area contributed by atoms with Crippen LogP contribution in [0.25, 0.3) is 22.0 Å². The zero-order valence-corrected chi connectivity index (χ0v) is 13.8. The van der Waals surface area contributed by atoms with Gasteiger partial charge in [0.1, 0.15) is 5.78 Å². The van der Waals surface area contributed by atoms with Gasteiger partial charge in [-0.2, -0.15) is 0 Å². The normalized spacial score (nSPS) is 11.0. The van der Waals surface area contributed by atoms with E-state index in [0.29, 0.717) is 6.42 Å². The van der Waals surface area contributed by atoms with E-state index in [9.17, 15) is 4.79 Å². The maximum atomic E-state index is 11.1. The molecule has 0 atom stereocenters. The number of Topliss-reactive ketones (excluding diaryl/α,β-unsaturated/α-hetero) is 1. The third-order valence-electron chi connectivity index (χ3n) is 3.53. The molecule has 2 nitrogen and oxygen atoms in total. The highest BCUT2D eigenvalue weighted by atomic mass is 35.5. The molecule has 0 radical (unpaired) electrons. The Balaban J connectivity index is 1.98. The number of ketones is 1. The lowest BCUT2D eigenvalue weighted by Crippen LogP contribution is -1.92. The SMILES string of the molecule is CC(=O)CCSc1ccccc1-c1cc2cc[nH]c2cc1Cl. The highest BCUT2D eigenvalue weighted by Gasteiger charge is 2.11. The van der Waals surface area contributed by atoms with Crippen molar-refractivity contribution in [3.8, 4) is 11.1 Å². The van der Waals surface area contributed by atoms with E-state index in [4.69, 9.17) is 11.6 Å². The zero-order chi connectivity index (χ0) is 15.5. The van der Waals surface area contributed by atoms with E-state index in [1.54, 1.807) is 18.7 Å². The zero-order valence-electron chi connectivity index (χ0n) is 12.2. The fourth-order valence-corrected chi connectivity index (χ4v) is 3.78. The van der Waals surface area contributed by atoms with Crippen LogP contribution in [0.3, 0.4) is 0 Å². The van der Waals surface area contributed by atoms with Gasteiger partial charge in [0.25, 0.3) is 0 Å². The number of thioether (sulfide) groups is 1. The van der Waals surface area contributed by atoms with Gasteiger partial charge in [0, 0.05) is 39.7 Å². The second kappa shape index (κ2) is 6.59. The summed E-state index contributed by atoms with van der Waals surface area (Å²) in [6, 6.07) is 14.3. The Bertz CT molecular complexity index is 825. The van der Waals surface area contributed by atoms with Crippen molar-refractivity contribution in [2.45, 2.75) is 18.2 Å². The number of aromatic amines is 1. The first-order chi connectivity index (χ1) is 10.6. The van der Waals surface area contributed by atoms with Crippen molar-refractivity contribution in [3.63, 3.8) is 0 Å². The summed E-state index contributed by atoms with van der Waals surface area (Å²) in [5.74, 6) is 1.01. The van der Waals surface area contributed by atoms with E-state index in [-0.39, 0.29) is 5.78 Å². The predicted molar refractivity (Wildman–Crippen MR) is 94.8 cm³/mol. The van der Waals surface area contributed by atoms with Crippen molar-refractivity contribution in [2.75, 3.05) is 5.75 Å². The van der Waals surface area contributed by atoms with Gasteiger partial charge in [-0.05, 0) is 36.8 Å². The molecule has 4 heteroatoms. The molecule has 0 aliphatic rings. The molecule has 0 saturated heterocycles. The Kier molecular flexibility index (Phi) is 4.55. The van der Waals surface area contributed by atoms with Gasteiger partial charge >= 0.3 is 0 Å². The lowest BCUT2D eigenvalue weighted by Gasteiger charge is -2.11. The molecule has 3 aromatic rings. The molecule has 1 N–H and O–H groups in total. The number of carbonyl (C=O) groups excluding carboxylic acids is 1. The van der Waals surface area contributed by atoms with E-state index in [2.05, 4.69) is 23.2 Å². The maximum Gasteiger partial charge on any atom is 0.130 e. The fraction of sp³-hybridized carbons (Fsp3) is 0.167. The number of nitrogens with one attached hydrogen (secondary N) is 1. The molecule has 0 fully saturated rings. The van der Waals surface area contributed by atoms with Gasteiger partial charge in [-0.15, -0.1) is 11.8 Å². The Morgan fingerprint density at radius 2 is 2.00 bits per heavy atom. The minimum Gasteiger partial charge on any atom is -0.361 e. The molecule has 3 rings (SSSR count). The van der Waals surface area contributed by atoms with Gasteiger partial charge in [0.15, 0.2) is 0 Å². The summed E-state index contributed by atoms with van der Waals surface area (Å²) in [6.07, 6.45) is 2.50. The van der Waals surface area contributed by atoms with Gasteiger partial charge in [-0.1, -0.05) is 29.8 Å². The van der Waals surface area contributed by atoms with Gasteiger partial charge in [0.2, 0.25) is 0 Å². The van der Waals surface area contributed by atoms with Crippen LogP contribution in [0, 0.1) is 0 Å². The molecule has 22 heavy (non-hydrogen) atoms. The monoisotopic (exact) mass is 329 g/mol. The van der Waals surface area contributed by atoms with Crippen LogP contribution in [0.4, 0.5) is 0 Å². The number of aromatic nitrogens is 1. The first kappa shape index (κ1) is 15.2. The highest BCUT2D eigenvalue weighted by molar-refractivity contribution is 7.99. The Hall–Kier alpha value is -1.71. The van der Waals surface area contributed by atoms with Crippen LogP contribution in [0.1, 0.15) is 13.3 Å². The summed E-state index contributed by atoms with van der Waals surface area (Å²) in [5.41, 5.74) is 3.18. The van der Waals surface area contributed by atoms with Crippen LogP contribution >= 0.6 is 23.4 Å². The van der Waals surface area contributed by atoms with Gasteiger partial charge in [-0.25, -0.2) is 0 Å². The quantitative estimate of drug-likeness (QED) is 0.621. The lowest BCUT2D eigenvalue weighted by atomic mass is 10.0. The van der Waals surface area contributed by atoms with Crippen molar-refractivity contribution in [1.29, 1.82) is 0 Å². The Labute approximate surface area is 138 Å². The highest BCUT2D eigenvalue weighted by Crippen LogP contribution is 2.37. The molecular weight excluding hydrogens is 314 g/mol. The average Bonchev–Trinajstić information content (AvgIpc) is 2.94. The maximum absolute atomic E-state index is 11.1. The summed E-state index contributed by atoms with van der Waals surface area (Å²) in [6.45, 7) is 1.63. The van der Waals surface area contributed by atoms with Crippen molar-refractivity contribution in [3.05, 3.63) is 53.7 Å². The van der Waals surface area contributed by atoms with E-state index < -0.39 is 0 Å². The number of H-pyrrole nitrogens is 1. The number of hydrogen-bond donors (Lipinski definition) is 1. The first-order valence-electron chi connectivity index (χ1n) is 7.13. The van der Waals surface area contributed by atoms with Crippen molar-refractivity contribution in [2.24, 2.45) is 0 Å². The summed E-state index contributed by atoms with van der Waals surface area (Å²) in [4.78, 5) is 15.4. The smallest absolute Gasteiger partial charge is 0.130 e. The molecule has 112 valence electrons. The van der Waals surface area contributed by atoms with Crippen LogP contribution < -0.4 is 0 Å². The Morgan fingerprint density at radius 1 is 1.18 bits per heavy atom. The molecule has 0 spiro atoms. The molecule has 0 bridgehead atoms. The van der Waals surface area contributed by atoms with E-state index in [1.165, 1.54) is 0 Å². The number of rotatable bonds is 5. The minimum atomic E-state index is 0.219. The molecule has 0 saturated carbocycles. The van der Waals surface area contributed by atoms with E-state index in [1.807, 2.05) is 30.5 Å². The van der Waals surface area contributed by atoms with Gasteiger partial charge in [0.05, 0.1) is 5.02 Å². The Morgan fingerprint density at radius 3 is 2.82 bits per heavy atom. The largest absolute Gasteiger partial charge is 0.361 e. The number of carbonyl (C=O) groups is 1. The fourth-order valence-electron chi connectivity index (χ4n) is 2.40. The summed E-state index contributed by atoms with van der Waals surface area (Å²) in [7, 11) is 0. The summed E-state index contributed by atoms with van der Waals surface area (Å²) < 4.78 is 0. The molecule has 0 amide bonds. The van der Waals surface area contributed by atoms with Crippen LogP contribution in [0.15, 0.2) is 53.6 Å². The third kappa shape index (κ3) is 3.21. The molecular formula is C18H16ClNOS. The predicted octanol–water partition coefficient (Wildman–Crippen LogP) is 5.56. The van der Waals surface area contributed by atoms with Crippen LogP contribution in [-0.2, 0) is 4.79 Å². The van der Waals surface area contributed by atoms with E-state index >= 15 is 0 Å². The number of halogens is 1. The number of hydrogen-bond acceptors (Lipinski definition) is 2. The van der Waals surface area contributed by atoms with Crippen molar-refractivity contribution < 1.29 is 4.79 Å². The minimum absolute atomic E-state index is 0.219. The molecule has 0 aliphatic carbocycles. The molecule has 0 aliphatic heterocycles. The molecule has 2 aromatic carbocycles. The second-order valence-electron chi connectivity index (χ2n) is 5.19. The van der Waals surface area contributed by atoms with Crippen LogP contribution in [-0.4, -0.2) is 16.5 Å². The van der Waals surface area contributed by atoms with Crippen LogP contribution in [0.2, 0.25) is 5.02 Å². The lowest BCUT2D eigenvalue weighted by molar-refractivity contribution is -0.116. The average molecular weight is 330 g/mol. The van der Waals surface area contributed by atoms with Crippen LogP contribution in [0.5, 0.6) is 0 Å².